The van der Waals surface area contributed by atoms with E-state index in [1.807, 2.05) is 0 Å². The minimum atomic E-state index is -0.412. The van der Waals surface area contributed by atoms with Crippen molar-refractivity contribution in [2.75, 3.05) is 45.9 Å². The van der Waals surface area contributed by atoms with Gasteiger partial charge in [-0.2, -0.15) is 0 Å². The molecule has 2 heterocycles. The Hall–Kier alpha value is -2.88. The minimum absolute atomic E-state index is 0.0644. The molecule has 0 radical (unpaired) electrons. The fraction of sp³-hybridized carbons (Fsp3) is 0.600. The lowest BCUT2D eigenvalue weighted by Gasteiger charge is -2.36. The van der Waals surface area contributed by atoms with Gasteiger partial charge in [0.25, 0.3) is 5.69 Å². The molecule has 30 heavy (non-hydrogen) atoms. The third-order valence-corrected chi connectivity index (χ3v) is 5.18. The Bertz CT molecular complexity index is 740. The Morgan fingerprint density at radius 2 is 1.97 bits per heavy atom. The van der Waals surface area contributed by atoms with E-state index in [-0.39, 0.29) is 17.9 Å². The van der Waals surface area contributed by atoms with Crippen molar-refractivity contribution < 1.29 is 19.2 Å². The van der Waals surface area contributed by atoms with E-state index in [1.54, 1.807) is 24.0 Å². The van der Waals surface area contributed by atoms with Gasteiger partial charge in [-0.3, -0.25) is 10.1 Å². The van der Waals surface area contributed by atoms with Gasteiger partial charge in [0, 0.05) is 51.5 Å². The number of nitrogens with zero attached hydrogens (tertiary/aromatic N) is 4. The molecular formula is C20H29N5O5. The van der Waals surface area contributed by atoms with E-state index >= 15 is 0 Å². The van der Waals surface area contributed by atoms with Gasteiger partial charge in [-0.05, 0) is 25.3 Å². The first-order chi connectivity index (χ1) is 14.6. The molecule has 10 heteroatoms. The highest BCUT2D eigenvalue weighted by atomic mass is 16.6. The van der Waals surface area contributed by atoms with Crippen molar-refractivity contribution in [3.8, 4) is 0 Å². The van der Waals surface area contributed by atoms with Crippen LogP contribution in [0, 0.1) is 10.1 Å². The van der Waals surface area contributed by atoms with Crippen molar-refractivity contribution in [3.05, 3.63) is 39.9 Å². The zero-order valence-electron chi connectivity index (χ0n) is 17.3. The van der Waals surface area contributed by atoms with Gasteiger partial charge in [-0.1, -0.05) is 12.1 Å². The van der Waals surface area contributed by atoms with E-state index in [0.717, 1.165) is 31.0 Å². The predicted molar refractivity (Wildman–Crippen MR) is 111 cm³/mol. The highest BCUT2D eigenvalue weighted by Gasteiger charge is 2.25. The lowest BCUT2D eigenvalue weighted by atomic mass is 10.2. The van der Waals surface area contributed by atoms with Crippen LogP contribution in [-0.2, 0) is 16.0 Å². The maximum absolute atomic E-state index is 11.9. The molecule has 2 aliphatic rings. The summed E-state index contributed by atoms with van der Waals surface area (Å²) < 4.78 is 10.8. The monoisotopic (exact) mass is 419 g/mol. The number of benzene rings is 1. The topological polar surface area (TPSA) is 110 Å². The molecule has 1 amide bonds. The number of hydrogen-bond donors (Lipinski definition) is 1. The van der Waals surface area contributed by atoms with Crippen molar-refractivity contribution >= 4 is 17.7 Å². The minimum Gasteiger partial charge on any atom is -0.450 e. The molecule has 10 nitrogen and oxygen atoms in total. The molecule has 2 fully saturated rings. The van der Waals surface area contributed by atoms with Crippen molar-refractivity contribution in [1.82, 2.24) is 15.1 Å². The van der Waals surface area contributed by atoms with Crippen LogP contribution in [0.25, 0.3) is 0 Å². The summed E-state index contributed by atoms with van der Waals surface area (Å²) in [5.74, 6) is 0.757. The maximum atomic E-state index is 11.9. The summed E-state index contributed by atoms with van der Waals surface area (Å²) in [7, 11) is 0. The molecular weight excluding hydrogens is 390 g/mol. The van der Waals surface area contributed by atoms with E-state index in [9.17, 15) is 14.9 Å². The number of nitrogens with one attached hydrogen (secondary N) is 1. The molecule has 0 saturated carbocycles. The van der Waals surface area contributed by atoms with Crippen LogP contribution in [0.1, 0.15) is 25.3 Å². The summed E-state index contributed by atoms with van der Waals surface area (Å²) in [4.78, 5) is 30.9. The molecule has 1 atom stereocenters. The lowest BCUT2D eigenvalue weighted by molar-refractivity contribution is -0.384. The van der Waals surface area contributed by atoms with E-state index in [0.29, 0.717) is 45.9 Å². The fourth-order valence-corrected chi connectivity index (χ4v) is 3.48. The first-order valence-electron chi connectivity index (χ1n) is 10.4. The van der Waals surface area contributed by atoms with E-state index in [1.165, 1.54) is 12.1 Å². The number of carbonyl (C=O) groups is 1. The molecule has 1 N–H and O–H groups in total. The fourth-order valence-electron chi connectivity index (χ4n) is 3.48. The summed E-state index contributed by atoms with van der Waals surface area (Å²) >= 11 is 0. The van der Waals surface area contributed by atoms with Crippen LogP contribution in [0.5, 0.6) is 0 Å². The van der Waals surface area contributed by atoms with Gasteiger partial charge in [0.15, 0.2) is 5.96 Å². The lowest BCUT2D eigenvalue weighted by Crippen LogP contribution is -2.54. The van der Waals surface area contributed by atoms with Gasteiger partial charge < -0.3 is 24.6 Å². The molecule has 2 aliphatic heterocycles. The van der Waals surface area contributed by atoms with Gasteiger partial charge in [-0.15, -0.1) is 0 Å². The normalized spacial score (nSPS) is 19.6. The first-order valence-corrected chi connectivity index (χ1v) is 10.4. The Morgan fingerprint density at radius 1 is 1.27 bits per heavy atom. The number of ether oxygens (including phenoxy) is 2. The second-order valence-corrected chi connectivity index (χ2v) is 7.25. The summed E-state index contributed by atoms with van der Waals surface area (Å²) in [6.07, 6.45) is 1.99. The molecule has 3 rings (SSSR count). The molecule has 0 aliphatic carbocycles. The van der Waals surface area contributed by atoms with Gasteiger partial charge in [0.05, 0.1) is 24.2 Å². The van der Waals surface area contributed by atoms with Crippen LogP contribution in [0.2, 0.25) is 0 Å². The van der Waals surface area contributed by atoms with Gasteiger partial charge in [-0.25, -0.2) is 9.79 Å². The SMILES string of the molecule is CCOC(=O)N1CCN(C(=NCc2ccc([N+](=O)[O-])cc2)NCC2CCCO2)CC1. The number of hydrogen-bond acceptors (Lipinski definition) is 6. The second-order valence-electron chi connectivity index (χ2n) is 7.25. The van der Waals surface area contributed by atoms with Crippen LogP contribution in [0.15, 0.2) is 29.3 Å². The number of non-ortho nitro benzene ring substituents is 1. The number of piperazine rings is 1. The van der Waals surface area contributed by atoms with Crippen molar-refractivity contribution in [1.29, 1.82) is 0 Å². The van der Waals surface area contributed by atoms with Crippen molar-refractivity contribution in [3.63, 3.8) is 0 Å². The Morgan fingerprint density at radius 3 is 2.57 bits per heavy atom. The number of nitro groups is 1. The van der Waals surface area contributed by atoms with E-state index in [2.05, 4.69) is 10.2 Å². The van der Waals surface area contributed by atoms with Crippen molar-refractivity contribution in [2.45, 2.75) is 32.4 Å². The standard InChI is InChI=1S/C20H29N5O5/c1-2-29-20(26)24-11-9-23(10-12-24)19(22-15-18-4-3-13-30-18)21-14-16-5-7-17(8-6-16)25(27)28/h5-8,18H,2-4,9-15H2,1H3,(H,21,22). The number of amides is 1. The number of aliphatic imine (C=N–C) groups is 1. The third-order valence-electron chi connectivity index (χ3n) is 5.18. The van der Waals surface area contributed by atoms with Crippen LogP contribution in [-0.4, -0.2) is 78.8 Å². The molecule has 2 saturated heterocycles. The molecule has 164 valence electrons. The van der Waals surface area contributed by atoms with E-state index < -0.39 is 4.92 Å². The highest BCUT2D eigenvalue weighted by Crippen LogP contribution is 2.14. The van der Waals surface area contributed by atoms with Crippen LogP contribution in [0.4, 0.5) is 10.5 Å². The zero-order valence-corrected chi connectivity index (χ0v) is 17.3. The summed E-state index contributed by atoms with van der Waals surface area (Å²) in [6, 6.07) is 6.42. The molecule has 0 bridgehead atoms. The van der Waals surface area contributed by atoms with Gasteiger partial charge >= 0.3 is 6.09 Å². The molecule has 1 unspecified atom stereocenters. The zero-order chi connectivity index (χ0) is 21.3. The van der Waals surface area contributed by atoms with Gasteiger partial charge in [0.2, 0.25) is 0 Å². The molecule has 1 aromatic rings. The van der Waals surface area contributed by atoms with E-state index in [4.69, 9.17) is 14.5 Å². The highest BCUT2D eigenvalue weighted by molar-refractivity contribution is 5.80. The molecule has 0 aromatic heterocycles. The third kappa shape index (κ3) is 6.06. The van der Waals surface area contributed by atoms with Crippen LogP contribution >= 0.6 is 0 Å². The summed E-state index contributed by atoms with van der Waals surface area (Å²) in [6.45, 7) is 6.47. The number of rotatable bonds is 6. The van der Waals surface area contributed by atoms with Gasteiger partial charge in [0.1, 0.15) is 0 Å². The largest absolute Gasteiger partial charge is 0.450 e. The molecule has 1 aromatic carbocycles. The number of guanidine groups is 1. The quantitative estimate of drug-likeness (QED) is 0.325. The Kier molecular flexibility index (Phi) is 7.83. The van der Waals surface area contributed by atoms with Crippen molar-refractivity contribution in [2.24, 2.45) is 4.99 Å². The van der Waals surface area contributed by atoms with Crippen LogP contribution < -0.4 is 5.32 Å². The Balaban J connectivity index is 1.63. The summed E-state index contributed by atoms with van der Waals surface area (Å²) in [5.41, 5.74) is 0.955. The number of carbonyl (C=O) groups excluding carboxylic acids is 1. The molecule has 0 spiro atoms. The average molecular weight is 419 g/mol. The second kappa shape index (κ2) is 10.8. The first kappa shape index (κ1) is 21.8. The van der Waals surface area contributed by atoms with Crippen LogP contribution in [0.3, 0.4) is 0 Å². The Labute approximate surface area is 176 Å². The maximum Gasteiger partial charge on any atom is 0.409 e. The smallest absolute Gasteiger partial charge is 0.409 e. The predicted octanol–water partition coefficient (Wildman–Crippen LogP) is 1.99. The average Bonchev–Trinajstić information content (AvgIpc) is 3.28. The summed E-state index contributed by atoms with van der Waals surface area (Å²) in [5, 5.41) is 14.2. The number of nitro benzene ring substituents is 1.